The SMILES string of the molecule is COc1ccc(-n2nnnc2SCc2csc(Nc3ccc(C)cc3)n2)cc1. The van der Waals surface area contributed by atoms with Gasteiger partial charge in [0.25, 0.3) is 0 Å². The number of thioether (sulfide) groups is 1. The van der Waals surface area contributed by atoms with Gasteiger partial charge in [-0.05, 0) is 53.7 Å². The number of rotatable bonds is 7. The zero-order chi connectivity index (χ0) is 19.3. The highest BCUT2D eigenvalue weighted by atomic mass is 32.2. The molecule has 0 saturated carbocycles. The van der Waals surface area contributed by atoms with Gasteiger partial charge in [-0.1, -0.05) is 29.5 Å². The maximum Gasteiger partial charge on any atom is 0.214 e. The number of thiazole rings is 1. The first kappa shape index (κ1) is 18.5. The Labute approximate surface area is 170 Å². The lowest BCUT2D eigenvalue weighted by atomic mass is 10.2. The van der Waals surface area contributed by atoms with Gasteiger partial charge < -0.3 is 10.1 Å². The van der Waals surface area contributed by atoms with Crippen LogP contribution < -0.4 is 10.1 Å². The molecule has 2 aromatic carbocycles. The van der Waals surface area contributed by atoms with Crippen molar-refractivity contribution in [3.63, 3.8) is 0 Å². The highest BCUT2D eigenvalue weighted by molar-refractivity contribution is 7.98. The van der Waals surface area contributed by atoms with E-state index in [1.807, 2.05) is 41.8 Å². The summed E-state index contributed by atoms with van der Waals surface area (Å²) in [6.07, 6.45) is 0. The standard InChI is InChI=1S/C19H18N6OS2/c1-13-3-5-14(6-4-13)20-18-21-15(11-27-18)12-28-19-22-23-24-25(19)16-7-9-17(26-2)10-8-16/h3-11H,12H2,1-2H3,(H,20,21). The summed E-state index contributed by atoms with van der Waals surface area (Å²) >= 11 is 3.13. The van der Waals surface area contributed by atoms with Gasteiger partial charge in [-0.25, -0.2) is 4.98 Å². The van der Waals surface area contributed by atoms with Crippen molar-refractivity contribution in [1.82, 2.24) is 25.2 Å². The summed E-state index contributed by atoms with van der Waals surface area (Å²) in [5, 5.41) is 19.0. The number of nitrogens with one attached hydrogen (secondary N) is 1. The summed E-state index contributed by atoms with van der Waals surface area (Å²) in [5.74, 6) is 1.48. The number of nitrogens with zero attached hydrogens (tertiary/aromatic N) is 5. The monoisotopic (exact) mass is 410 g/mol. The van der Waals surface area contributed by atoms with E-state index in [0.717, 1.165) is 27.9 Å². The van der Waals surface area contributed by atoms with Gasteiger partial charge in [-0.3, -0.25) is 0 Å². The normalized spacial score (nSPS) is 10.8. The number of ether oxygens (including phenoxy) is 1. The molecular formula is C19H18N6OS2. The van der Waals surface area contributed by atoms with Gasteiger partial charge >= 0.3 is 0 Å². The van der Waals surface area contributed by atoms with Crippen molar-refractivity contribution in [3.8, 4) is 11.4 Å². The predicted octanol–water partition coefficient (Wildman–Crippen LogP) is 4.47. The van der Waals surface area contributed by atoms with E-state index in [-0.39, 0.29) is 0 Å². The van der Waals surface area contributed by atoms with Crippen molar-refractivity contribution >= 4 is 33.9 Å². The minimum absolute atomic E-state index is 0.683. The Balaban J connectivity index is 1.41. The highest BCUT2D eigenvalue weighted by Gasteiger charge is 2.11. The van der Waals surface area contributed by atoms with Gasteiger partial charge in [0.15, 0.2) is 5.13 Å². The Bertz CT molecular complexity index is 1040. The van der Waals surface area contributed by atoms with Gasteiger partial charge in [0.1, 0.15) is 5.75 Å². The van der Waals surface area contributed by atoms with Crippen LogP contribution in [0.3, 0.4) is 0 Å². The zero-order valence-electron chi connectivity index (χ0n) is 15.4. The smallest absolute Gasteiger partial charge is 0.214 e. The van der Waals surface area contributed by atoms with Crippen LogP contribution in [0.2, 0.25) is 0 Å². The number of aryl methyl sites for hydroxylation is 1. The molecule has 28 heavy (non-hydrogen) atoms. The molecule has 2 heterocycles. The Morgan fingerprint density at radius 3 is 2.64 bits per heavy atom. The molecule has 142 valence electrons. The number of hydrogen-bond acceptors (Lipinski definition) is 8. The molecule has 0 bridgehead atoms. The molecule has 4 rings (SSSR count). The molecule has 0 saturated heterocycles. The minimum atomic E-state index is 0.683. The lowest BCUT2D eigenvalue weighted by molar-refractivity contribution is 0.414. The number of methoxy groups -OCH3 is 1. The molecule has 0 spiro atoms. The summed E-state index contributed by atoms with van der Waals surface area (Å²) in [4.78, 5) is 4.64. The zero-order valence-corrected chi connectivity index (χ0v) is 17.0. The summed E-state index contributed by atoms with van der Waals surface area (Å²) < 4.78 is 6.90. The third-order valence-corrected chi connectivity index (χ3v) is 5.72. The van der Waals surface area contributed by atoms with Crippen molar-refractivity contribution in [3.05, 3.63) is 65.2 Å². The van der Waals surface area contributed by atoms with Crippen molar-refractivity contribution in [1.29, 1.82) is 0 Å². The molecule has 1 N–H and O–H groups in total. The molecule has 0 aliphatic rings. The topological polar surface area (TPSA) is 77.8 Å². The van der Waals surface area contributed by atoms with Crippen LogP contribution in [-0.2, 0) is 5.75 Å². The number of anilines is 2. The van der Waals surface area contributed by atoms with Gasteiger partial charge in [-0.2, -0.15) is 4.68 Å². The fraction of sp³-hybridized carbons (Fsp3) is 0.158. The largest absolute Gasteiger partial charge is 0.497 e. The Morgan fingerprint density at radius 2 is 1.89 bits per heavy atom. The Hall–Kier alpha value is -2.91. The van der Waals surface area contributed by atoms with E-state index >= 15 is 0 Å². The van der Waals surface area contributed by atoms with Crippen LogP contribution in [0, 0.1) is 6.92 Å². The maximum absolute atomic E-state index is 5.19. The van der Waals surface area contributed by atoms with Crippen molar-refractivity contribution in [2.24, 2.45) is 0 Å². The van der Waals surface area contributed by atoms with Crippen LogP contribution in [0.4, 0.5) is 10.8 Å². The van der Waals surface area contributed by atoms with Crippen molar-refractivity contribution in [2.45, 2.75) is 17.8 Å². The van der Waals surface area contributed by atoms with Gasteiger partial charge in [0.2, 0.25) is 5.16 Å². The maximum atomic E-state index is 5.19. The molecule has 0 amide bonds. The van der Waals surface area contributed by atoms with Crippen LogP contribution in [0.15, 0.2) is 59.1 Å². The molecule has 9 heteroatoms. The van der Waals surface area contributed by atoms with Crippen LogP contribution in [0.25, 0.3) is 5.69 Å². The van der Waals surface area contributed by atoms with E-state index in [9.17, 15) is 0 Å². The van der Waals surface area contributed by atoms with Crippen LogP contribution >= 0.6 is 23.1 Å². The minimum Gasteiger partial charge on any atom is -0.497 e. The van der Waals surface area contributed by atoms with E-state index in [1.165, 1.54) is 5.56 Å². The third kappa shape index (κ3) is 4.32. The number of aromatic nitrogens is 5. The lowest BCUT2D eigenvalue weighted by Crippen LogP contribution is -1.99. The van der Waals surface area contributed by atoms with Gasteiger partial charge in [-0.15, -0.1) is 16.4 Å². The van der Waals surface area contributed by atoms with E-state index < -0.39 is 0 Å². The first-order valence-electron chi connectivity index (χ1n) is 8.55. The lowest BCUT2D eigenvalue weighted by Gasteiger charge is -2.05. The quantitative estimate of drug-likeness (QED) is 0.450. The second-order valence-electron chi connectivity index (χ2n) is 5.99. The van der Waals surface area contributed by atoms with Crippen molar-refractivity contribution < 1.29 is 4.74 Å². The molecule has 0 fully saturated rings. The number of benzene rings is 2. The summed E-state index contributed by atoms with van der Waals surface area (Å²) in [5.41, 5.74) is 4.13. The fourth-order valence-corrected chi connectivity index (χ4v) is 4.10. The molecule has 0 atom stereocenters. The molecule has 4 aromatic rings. The predicted molar refractivity (Wildman–Crippen MR) is 112 cm³/mol. The number of hydrogen-bond donors (Lipinski definition) is 1. The summed E-state index contributed by atoms with van der Waals surface area (Å²) in [6.45, 7) is 2.07. The van der Waals surface area contributed by atoms with Crippen molar-refractivity contribution in [2.75, 3.05) is 12.4 Å². The van der Waals surface area contributed by atoms with Gasteiger partial charge in [0, 0.05) is 16.8 Å². The van der Waals surface area contributed by atoms with Crippen LogP contribution in [0.1, 0.15) is 11.3 Å². The summed E-state index contributed by atoms with van der Waals surface area (Å²) in [7, 11) is 1.64. The average Bonchev–Trinajstić information content (AvgIpc) is 3.37. The Kier molecular flexibility index (Phi) is 5.54. The second kappa shape index (κ2) is 8.41. The van der Waals surface area contributed by atoms with E-state index in [4.69, 9.17) is 4.74 Å². The van der Waals surface area contributed by atoms with E-state index in [1.54, 1.807) is 34.9 Å². The molecular weight excluding hydrogens is 392 g/mol. The van der Waals surface area contributed by atoms with Crippen LogP contribution in [-0.4, -0.2) is 32.3 Å². The first-order chi connectivity index (χ1) is 13.7. The first-order valence-corrected chi connectivity index (χ1v) is 10.4. The van der Waals surface area contributed by atoms with Gasteiger partial charge in [0.05, 0.1) is 18.5 Å². The molecule has 2 aromatic heterocycles. The fourth-order valence-electron chi connectivity index (χ4n) is 2.48. The summed E-state index contributed by atoms with van der Waals surface area (Å²) in [6, 6.07) is 15.9. The van der Waals surface area contributed by atoms with E-state index in [0.29, 0.717) is 10.9 Å². The molecule has 0 unspecified atom stereocenters. The third-order valence-electron chi connectivity index (χ3n) is 3.96. The molecule has 7 nitrogen and oxygen atoms in total. The second-order valence-corrected chi connectivity index (χ2v) is 7.80. The number of tetrazole rings is 1. The molecule has 0 aliphatic carbocycles. The molecule has 0 radical (unpaired) electrons. The highest BCUT2D eigenvalue weighted by Crippen LogP contribution is 2.27. The molecule has 0 aliphatic heterocycles. The average molecular weight is 411 g/mol. The van der Waals surface area contributed by atoms with E-state index in [2.05, 4.69) is 44.9 Å². The van der Waals surface area contributed by atoms with Crippen LogP contribution in [0.5, 0.6) is 5.75 Å². The Morgan fingerprint density at radius 1 is 1.11 bits per heavy atom.